The molecule has 0 fully saturated rings. The van der Waals surface area contributed by atoms with Gasteiger partial charge in [-0.15, -0.1) is 0 Å². The Bertz CT molecular complexity index is 436. The van der Waals surface area contributed by atoms with Crippen molar-refractivity contribution in [2.24, 2.45) is 7.05 Å². The van der Waals surface area contributed by atoms with Gasteiger partial charge in [-0.2, -0.15) is 5.10 Å². The predicted molar refractivity (Wildman–Crippen MR) is 57.6 cm³/mol. The summed E-state index contributed by atoms with van der Waals surface area (Å²) >= 11 is 5.71. The normalized spacial score (nSPS) is 10.3. The van der Waals surface area contributed by atoms with Crippen LogP contribution in [0.15, 0.2) is 24.7 Å². The highest BCUT2D eigenvalue weighted by molar-refractivity contribution is 6.30. The molecule has 78 valence electrons. The molecule has 0 aliphatic heterocycles. The summed E-state index contributed by atoms with van der Waals surface area (Å²) < 4.78 is 1.66. The second-order valence-electron chi connectivity index (χ2n) is 3.05. The van der Waals surface area contributed by atoms with Crippen molar-refractivity contribution in [1.29, 1.82) is 0 Å². The standard InChI is InChI=1S/C9H10ClN5/c1-15-6-13-9(14-15)5-12-8-3-2-7(10)4-11-8/h2-4,6H,5H2,1H3,(H,11,12). The van der Waals surface area contributed by atoms with E-state index in [0.29, 0.717) is 11.6 Å². The third kappa shape index (κ3) is 2.66. The SMILES string of the molecule is Cn1cnc(CNc2ccc(Cl)cn2)n1. The monoisotopic (exact) mass is 223 g/mol. The summed E-state index contributed by atoms with van der Waals surface area (Å²) in [5, 5.41) is 7.85. The maximum Gasteiger partial charge on any atom is 0.169 e. The summed E-state index contributed by atoms with van der Waals surface area (Å²) in [6.07, 6.45) is 3.25. The molecule has 2 aromatic heterocycles. The lowest BCUT2D eigenvalue weighted by atomic mass is 10.4. The first-order valence-electron chi connectivity index (χ1n) is 4.44. The molecule has 0 aliphatic carbocycles. The van der Waals surface area contributed by atoms with Gasteiger partial charge in [-0.25, -0.2) is 9.97 Å². The Hall–Kier alpha value is -1.62. The lowest BCUT2D eigenvalue weighted by molar-refractivity contribution is 0.747. The molecular weight excluding hydrogens is 214 g/mol. The van der Waals surface area contributed by atoms with Crippen LogP contribution >= 0.6 is 11.6 Å². The molecule has 0 amide bonds. The van der Waals surface area contributed by atoms with Gasteiger partial charge in [0.15, 0.2) is 5.82 Å². The van der Waals surface area contributed by atoms with Crippen LogP contribution in [-0.4, -0.2) is 19.7 Å². The van der Waals surface area contributed by atoms with Gasteiger partial charge in [-0.3, -0.25) is 4.68 Å². The van der Waals surface area contributed by atoms with Crippen LogP contribution in [-0.2, 0) is 13.6 Å². The number of anilines is 1. The van der Waals surface area contributed by atoms with Crippen molar-refractivity contribution in [3.05, 3.63) is 35.5 Å². The van der Waals surface area contributed by atoms with Crippen LogP contribution in [0.4, 0.5) is 5.82 Å². The van der Waals surface area contributed by atoms with Crippen molar-refractivity contribution < 1.29 is 0 Å². The zero-order valence-electron chi connectivity index (χ0n) is 8.18. The Labute approximate surface area is 92.1 Å². The fourth-order valence-corrected chi connectivity index (χ4v) is 1.23. The Balaban J connectivity index is 1.96. The Morgan fingerprint density at radius 3 is 2.87 bits per heavy atom. The van der Waals surface area contributed by atoms with Crippen LogP contribution < -0.4 is 5.32 Å². The van der Waals surface area contributed by atoms with Crippen molar-refractivity contribution in [3.63, 3.8) is 0 Å². The number of hydrogen-bond acceptors (Lipinski definition) is 4. The van der Waals surface area contributed by atoms with Crippen LogP contribution in [0.2, 0.25) is 5.02 Å². The van der Waals surface area contributed by atoms with E-state index in [9.17, 15) is 0 Å². The topological polar surface area (TPSA) is 55.6 Å². The summed E-state index contributed by atoms with van der Waals surface area (Å²) in [4.78, 5) is 8.18. The number of nitrogens with one attached hydrogen (secondary N) is 1. The molecule has 1 N–H and O–H groups in total. The Kier molecular flexibility index (Phi) is 2.82. The largest absolute Gasteiger partial charge is 0.363 e. The van der Waals surface area contributed by atoms with Gasteiger partial charge in [0.1, 0.15) is 12.1 Å². The number of halogens is 1. The average Bonchev–Trinajstić information content (AvgIpc) is 2.64. The van der Waals surface area contributed by atoms with Gasteiger partial charge in [-0.1, -0.05) is 11.6 Å². The maximum atomic E-state index is 5.71. The number of pyridine rings is 1. The first-order chi connectivity index (χ1) is 7.24. The molecule has 0 saturated heterocycles. The van der Waals surface area contributed by atoms with E-state index in [1.807, 2.05) is 13.1 Å². The number of hydrogen-bond donors (Lipinski definition) is 1. The van der Waals surface area contributed by atoms with E-state index < -0.39 is 0 Å². The van der Waals surface area contributed by atoms with Gasteiger partial charge < -0.3 is 5.32 Å². The number of rotatable bonds is 3. The number of nitrogens with zero attached hydrogens (tertiary/aromatic N) is 4. The first-order valence-corrected chi connectivity index (χ1v) is 4.82. The molecular formula is C9H10ClN5. The molecule has 5 nitrogen and oxygen atoms in total. The van der Waals surface area contributed by atoms with Crippen LogP contribution in [0.5, 0.6) is 0 Å². The third-order valence-corrected chi connectivity index (χ3v) is 2.03. The zero-order chi connectivity index (χ0) is 10.7. The minimum absolute atomic E-state index is 0.551. The average molecular weight is 224 g/mol. The van der Waals surface area contributed by atoms with Crippen LogP contribution in [0.25, 0.3) is 0 Å². The lowest BCUT2D eigenvalue weighted by Crippen LogP contribution is -2.03. The first kappa shape index (κ1) is 9.92. The van der Waals surface area contributed by atoms with Gasteiger partial charge >= 0.3 is 0 Å². The minimum atomic E-state index is 0.551. The second kappa shape index (κ2) is 4.27. The molecule has 2 rings (SSSR count). The smallest absolute Gasteiger partial charge is 0.169 e. The van der Waals surface area contributed by atoms with Crippen molar-refractivity contribution in [1.82, 2.24) is 19.7 Å². The molecule has 0 radical (unpaired) electrons. The number of aromatic nitrogens is 4. The van der Waals surface area contributed by atoms with Crippen LogP contribution in [0, 0.1) is 0 Å². The highest BCUT2D eigenvalue weighted by Crippen LogP contribution is 2.09. The molecule has 0 aliphatic rings. The molecule has 0 atom stereocenters. The third-order valence-electron chi connectivity index (χ3n) is 1.80. The van der Waals surface area contributed by atoms with E-state index in [0.717, 1.165) is 11.6 Å². The fraction of sp³-hybridized carbons (Fsp3) is 0.222. The van der Waals surface area contributed by atoms with E-state index in [2.05, 4.69) is 20.4 Å². The highest BCUT2D eigenvalue weighted by Gasteiger charge is 1.99. The van der Waals surface area contributed by atoms with Crippen LogP contribution in [0.3, 0.4) is 0 Å². The molecule has 6 heteroatoms. The Morgan fingerprint density at radius 1 is 1.40 bits per heavy atom. The molecule has 15 heavy (non-hydrogen) atoms. The van der Waals surface area contributed by atoms with E-state index in [-0.39, 0.29) is 0 Å². The van der Waals surface area contributed by atoms with Gasteiger partial charge in [0.2, 0.25) is 0 Å². The summed E-state index contributed by atoms with van der Waals surface area (Å²) in [5.41, 5.74) is 0. The quantitative estimate of drug-likeness (QED) is 0.856. The van der Waals surface area contributed by atoms with E-state index in [4.69, 9.17) is 11.6 Å². The Morgan fingerprint density at radius 2 is 2.27 bits per heavy atom. The van der Waals surface area contributed by atoms with Crippen molar-refractivity contribution >= 4 is 17.4 Å². The summed E-state index contributed by atoms with van der Waals surface area (Å²) in [6.45, 7) is 0.551. The second-order valence-corrected chi connectivity index (χ2v) is 3.49. The molecule has 0 aromatic carbocycles. The van der Waals surface area contributed by atoms with Gasteiger partial charge in [0.05, 0.1) is 11.6 Å². The molecule has 0 saturated carbocycles. The minimum Gasteiger partial charge on any atom is -0.363 e. The fourth-order valence-electron chi connectivity index (χ4n) is 1.11. The van der Waals surface area contributed by atoms with E-state index in [1.165, 1.54) is 0 Å². The van der Waals surface area contributed by atoms with Crippen molar-refractivity contribution in [2.45, 2.75) is 6.54 Å². The molecule has 2 heterocycles. The number of aryl methyl sites for hydroxylation is 1. The zero-order valence-corrected chi connectivity index (χ0v) is 8.94. The van der Waals surface area contributed by atoms with E-state index in [1.54, 1.807) is 23.3 Å². The van der Waals surface area contributed by atoms with E-state index >= 15 is 0 Å². The lowest BCUT2D eigenvalue weighted by Gasteiger charge is -2.01. The van der Waals surface area contributed by atoms with Gasteiger partial charge in [0.25, 0.3) is 0 Å². The maximum absolute atomic E-state index is 5.71. The van der Waals surface area contributed by atoms with Gasteiger partial charge in [0, 0.05) is 13.2 Å². The summed E-state index contributed by atoms with van der Waals surface area (Å²) in [5.74, 6) is 1.49. The summed E-state index contributed by atoms with van der Waals surface area (Å²) in [6, 6.07) is 3.59. The predicted octanol–water partition coefficient (Wildman–Crippen LogP) is 1.48. The molecule has 2 aromatic rings. The van der Waals surface area contributed by atoms with Gasteiger partial charge in [-0.05, 0) is 12.1 Å². The highest BCUT2D eigenvalue weighted by atomic mass is 35.5. The van der Waals surface area contributed by atoms with Crippen molar-refractivity contribution in [2.75, 3.05) is 5.32 Å². The molecule has 0 spiro atoms. The molecule has 0 unspecified atom stereocenters. The summed E-state index contributed by atoms with van der Waals surface area (Å²) in [7, 11) is 1.83. The van der Waals surface area contributed by atoms with Crippen molar-refractivity contribution in [3.8, 4) is 0 Å². The van der Waals surface area contributed by atoms with Crippen LogP contribution in [0.1, 0.15) is 5.82 Å². The molecule has 0 bridgehead atoms.